The van der Waals surface area contributed by atoms with E-state index in [2.05, 4.69) is 0 Å². The minimum Gasteiger partial charge on any atom is -0.379 e. The van der Waals surface area contributed by atoms with Gasteiger partial charge in [-0.15, -0.1) is 5.17 Å². The van der Waals surface area contributed by atoms with Crippen LogP contribution in [0, 0.1) is 5.41 Å². The number of nitrogens with one attached hydrogen (secondary N) is 1. The number of rotatable bonds is 2. The molecule has 12 heavy (non-hydrogen) atoms. The Bertz CT molecular complexity index is 158. The molecule has 0 aromatic rings. The van der Waals surface area contributed by atoms with E-state index in [4.69, 9.17) is 20.7 Å². The van der Waals surface area contributed by atoms with Crippen LogP contribution in [0.5, 0.6) is 0 Å². The predicted octanol–water partition coefficient (Wildman–Crippen LogP) is -1.01. The molecule has 1 fully saturated rings. The van der Waals surface area contributed by atoms with Crippen LogP contribution in [0.1, 0.15) is 0 Å². The summed E-state index contributed by atoms with van der Waals surface area (Å²) in [5.74, 6) is -0.112. The Morgan fingerprint density at radius 3 is 2.58 bits per heavy atom. The molecule has 0 radical (unpaired) electrons. The van der Waals surface area contributed by atoms with Crippen LogP contribution in [0.15, 0.2) is 0 Å². The second-order valence-corrected chi connectivity index (χ2v) is 2.41. The lowest BCUT2D eigenvalue weighted by Crippen LogP contribution is -2.53. The van der Waals surface area contributed by atoms with Gasteiger partial charge in [0.25, 0.3) is 0 Å². The number of morpholine rings is 1. The van der Waals surface area contributed by atoms with Gasteiger partial charge in [0.2, 0.25) is 5.96 Å². The quantitative estimate of drug-likeness (QED) is 0.319. The lowest BCUT2D eigenvalue weighted by atomic mass is 10.5. The first-order valence-electron chi connectivity index (χ1n) is 3.76. The minimum atomic E-state index is -0.112. The molecule has 1 rings (SSSR count). The summed E-state index contributed by atoms with van der Waals surface area (Å²) >= 11 is 0. The summed E-state index contributed by atoms with van der Waals surface area (Å²) in [6, 6.07) is 0. The molecule has 3 N–H and O–H groups in total. The van der Waals surface area contributed by atoms with Crippen LogP contribution in [-0.2, 0) is 9.57 Å². The van der Waals surface area contributed by atoms with Crippen LogP contribution in [-0.4, -0.2) is 49.6 Å². The molecule has 0 aromatic heterocycles. The van der Waals surface area contributed by atoms with Gasteiger partial charge in [0.15, 0.2) is 0 Å². The molecule has 0 atom stereocenters. The number of hydroxylamine groups is 1. The molecule has 1 saturated heterocycles. The smallest absolute Gasteiger partial charge is 0.229 e. The lowest BCUT2D eigenvalue weighted by molar-refractivity contribution is -0.230. The Hall–Kier alpha value is -0.850. The monoisotopic (exact) mass is 174 g/mol. The molecule has 70 valence electrons. The average Bonchev–Trinajstić information content (AvgIpc) is 2.07. The maximum atomic E-state index is 7.18. The zero-order valence-electron chi connectivity index (χ0n) is 7.12. The molecule has 1 aliphatic heterocycles. The number of nitrogens with two attached hydrogens (primary N) is 1. The first-order valence-corrected chi connectivity index (χ1v) is 3.76. The number of hydrazine groups is 1. The van der Waals surface area contributed by atoms with E-state index < -0.39 is 0 Å². The standard InChI is InChI=1S/C6H14N4O2/c1-11-10(6(7)8)9-2-4-12-5-3-9/h2-5H2,1H3,(H3,7,8). The summed E-state index contributed by atoms with van der Waals surface area (Å²) in [6.45, 7) is 2.70. The van der Waals surface area contributed by atoms with Crippen molar-refractivity contribution < 1.29 is 9.57 Å². The van der Waals surface area contributed by atoms with Crippen LogP contribution in [0.3, 0.4) is 0 Å². The molecule has 0 saturated carbocycles. The Morgan fingerprint density at radius 1 is 1.58 bits per heavy atom. The first-order chi connectivity index (χ1) is 5.75. The Kier molecular flexibility index (Phi) is 3.27. The molecule has 0 amide bonds. The summed E-state index contributed by atoms with van der Waals surface area (Å²) in [6.07, 6.45) is 0. The minimum absolute atomic E-state index is 0.112. The summed E-state index contributed by atoms with van der Waals surface area (Å²) in [4.78, 5) is 4.91. The second-order valence-electron chi connectivity index (χ2n) is 2.41. The molecule has 0 bridgehead atoms. The van der Waals surface area contributed by atoms with E-state index in [0.29, 0.717) is 26.3 Å². The largest absolute Gasteiger partial charge is 0.379 e. The molecule has 0 spiro atoms. The van der Waals surface area contributed by atoms with Crippen molar-refractivity contribution in [3.63, 3.8) is 0 Å². The van der Waals surface area contributed by atoms with Gasteiger partial charge in [-0.1, -0.05) is 0 Å². The number of ether oxygens (including phenoxy) is 1. The van der Waals surface area contributed by atoms with Crippen LogP contribution in [0.2, 0.25) is 0 Å². The zero-order valence-corrected chi connectivity index (χ0v) is 7.12. The van der Waals surface area contributed by atoms with Crippen molar-refractivity contribution in [3.8, 4) is 0 Å². The molecule has 0 unspecified atom stereocenters. The van der Waals surface area contributed by atoms with Crippen molar-refractivity contribution in [2.45, 2.75) is 0 Å². The topological polar surface area (TPSA) is 74.8 Å². The van der Waals surface area contributed by atoms with Gasteiger partial charge < -0.3 is 10.5 Å². The van der Waals surface area contributed by atoms with E-state index >= 15 is 0 Å². The molecule has 0 aromatic carbocycles. The molecular weight excluding hydrogens is 160 g/mol. The number of hydrogen-bond donors (Lipinski definition) is 2. The van der Waals surface area contributed by atoms with Gasteiger partial charge in [0, 0.05) is 13.1 Å². The van der Waals surface area contributed by atoms with Crippen molar-refractivity contribution in [2.24, 2.45) is 5.73 Å². The Balaban J connectivity index is 2.46. The van der Waals surface area contributed by atoms with E-state index in [1.807, 2.05) is 5.01 Å². The normalized spacial score (nSPS) is 19.1. The molecule has 1 heterocycles. The van der Waals surface area contributed by atoms with Crippen molar-refractivity contribution in [1.29, 1.82) is 5.41 Å². The van der Waals surface area contributed by atoms with Gasteiger partial charge in [0.1, 0.15) is 0 Å². The van der Waals surface area contributed by atoms with Gasteiger partial charge in [-0.2, -0.15) is 5.01 Å². The second kappa shape index (κ2) is 4.24. The first kappa shape index (κ1) is 9.24. The third kappa shape index (κ3) is 2.07. The summed E-state index contributed by atoms with van der Waals surface area (Å²) in [7, 11) is 1.48. The van der Waals surface area contributed by atoms with Gasteiger partial charge in [-0.05, 0) is 0 Å². The van der Waals surface area contributed by atoms with Crippen LogP contribution in [0.25, 0.3) is 0 Å². The van der Waals surface area contributed by atoms with Crippen LogP contribution in [0.4, 0.5) is 0 Å². The molecule has 0 aliphatic carbocycles. The van der Waals surface area contributed by atoms with Crippen molar-refractivity contribution in [2.75, 3.05) is 33.4 Å². The average molecular weight is 174 g/mol. The number of nitrogens with zero attached hydrogens (tertiary/aromatic N) is 2. The highest BCUT2D eigenvalue weighted by molar-refractivity contribution is 5.72. The Morgan fingerprint density at radius 2 is 2.17 bits per heavy atom. The number of guanidine groups is 1. The van der Waals surface area contributed by atoms with Crippen molar-refractivity contribution >= 4 is 5.96 Å². The van der Waals surface area contributed by atoms with Crippen LogP contribution >= 0.6 is 0 Å². The summed E-state index contributed by atoms with van der Waals surface area (Å²) < 4.78 is 5.14. The summed E-state index contributed by atoms with van der Waals surface area (Å²) in [5, 5.41) is 10.3. The zero-order chi connectivity index (χ0) is 8.97. The fourth-order valence-electron chi connectivity index (χ4n) is 1.10. The SMILES string of the molecule is CON(C(=N)N)N1CCOCC1. The number of hydrogen-bond acceptors (Lipinski definition) is 4. The van der Waals surface area contributed by atoms with Gasteiger partial charge >= 0.3 is 0 Å². The highest BCUT2D eigenvalue weighted by atomic mass is 16.7. The molecular formula is C6H14N4O2. The van der Waals surface area contributed by atoms with E-state index in [0.717, 1.165) is 0 Å². The van der Waals surface area contributed by atoms with Gasteiger partial charge in [-0.25, -0.2) is 0 Å². The fourth-order valence-corrected chi connectivity index (χ4v) is 1.10. The third-order valence-corrected chi connectivity index (χ3v) is 1.62. The molecule has 1 aliphatic rings. The highest BCUT2D eigenvalue weighted by Gasteiger charge is 2.19. The fraction of sp³-hybridized carbons (Fsp3) is 0.833. The highest BCUT2D eigenvalue weighted by Crippen LogP contribution is 2.01. The third-order valence-electron chi connectivity index (χ3n) is 1.62. The maximum Gasteiger partial charge on any atom is 0.229 e. The van der Waals surface area contributed by atoms with Crippen LogP contribution < -0.4 is 5.73 Å². The van der Waals surface area contributed by atoms with E-state index in [9.17, 15) is 0 Å². The summed E-state index contributed by atoms with van der Waals surface area (Å²) in [5.41, 5.74) is 5.28. The van der Waals surface area contributed by atoms with Gasteiger partial charge in [0.05, 0.1) is 20.3 Å². The van der Waals surface area contributed by atoms with E-state index in [-0.39, 0.29) is 5.96 Å². The van der Waals surface area contributed by atoms with E-state index in [1.165, 1.54) is 12.3 Å². The van der Waals surface area contributed by atoms with E-state index in [1.54, 1.807) is 0 Å². The van der Waals surface area contributed by atoms with Crippen molar-refractivity contribution in [3.05, 3.63) is 0 Å². The van der Waals surface area contributed by atoms with Gasteiger partial charge in [-0.3, -0.25) is 10.2 Å². The lowest BCUT2D eigenvalue weighted by Gasteiger charge is -2.34. The molecule has 6 heteroatoms. The van der Waals surface area contributed by atoms with Crippen molar-refractivity contribution in [1.82, 2.24) is 10.2 Å². The Labute approximate surface area is 71.3 Å². The molecule has 6 nitrogen and oxygen atoms in total. The maximum absolute atomic E-state index is 7.18. The predicted molar refractivity (Wildman–Crippen MR) is 43.2 cm³/mol.